The monoisotopic (exact) mass is 282 g/mol. The van der Waals surface area contributed by atoms with E-state index in [2.05, 4.69) is 10.3 Å². The van der Waals surface area contributed by atoms with Crippen LogP contribution in [0.3, 0.4) is 0 Å². The number of nitrogens with one attached hydrogen (secondary N) is 1. The van der Waals surface area contributed by atoms with Gasteiger partial charge in [-0.25, -0.2) is 4.98 Å². The number of thiazole rings is 1. The average molecular weight is 283 g/mol. The van der Waals surface area contributed by atoms with Crippen molar-refractivity contribution in [3.63, 3.8) is 0 Å². The lowest BCUT2D eigenvalue weighted by Crippen LogP contribution is -1.97. The van der Waals surface area contributed by atoms with Gasteiger partial charge in [-0.15, -0.1) is 11.3 Å². The van der Waals surface area contributed by atoms with Gasteiger partial charge in [-0.3, -0.25) is 0 Å². The fourth-order valence-electron chi connectivity index (χ4n) is 1.68. The Morgan fingerprint density at radius 1 is 1.22 bits per heavy atom. The minimum absolute atomic E-state index is 0.497. The van der Waals surface area contributed by atoms with Gasteiger partial charge in [0.25, 0.3) is 0 Å². The Hall–Kier alpha value is -1.46. The van der Waals surface area contributed by atoms with Crippen molar-refractivity contribution in [1.29, 1.82) is 0 Å². The minimum Gasteiger partial charge on any atom is -0.490 e. The van der Waals surface area contributed by atoms with Gasteiger partial charge in [0.2, 0.25) is 0 Å². The molecule has 0 aliphatic carbocycles. The number of fused-ring (bicyclic) bond motifs is 1. The van der Waals surface area contributed by atoms with Crippen molar-refractivity contribution in [3.8, 4) is 11.5 Å². The first-order chi connectivity index (χ1) is 8.81. The zero-order valence-electron chi connectivity index (χ0n) is 9.48. The molecule has 3 rings (SSSR count). The molecule has 18 heavy (non-hydrogen) atoms. The molecular formula is C12H11ClN2O2S. The predicted octanol–water partition coefficient (Wildman–Crippen LogP) is 3.70. The molecule has 0 atom stereocenters. The van der Waals surface area contributed by atoms with Gasteiger partial charge in [-0.2, -0.15) is 0 Å². The highest BCUT2D eigenvalue weighted by Gasteiger charge is 2.11. The molecule has 1 N–H and O–H groups in total. The van der Waals surface area contributed by atoms with E-state index in [1.807, 2.05) is 18.2 Å². The first-order valence-electron chi connectivity index (χ1n) is 5.59. The largest absolute Gasteiger partial charge is 0.490 e. The summed E-state index contributed by atoms with van der Waals surface area (Å²) in [5, 5.41) is 6.22. The van der Waals surface area contributed by atoms with E-state index in [0.29, 0.717) is 18.4 Å². The van der Waals surface area contributed by atoms with Crippen molar-refractivity contribution in [3.05, 3.63) is 28.7 Å². The number of hydrogen-bond acceptors (Lipinski definition) is 5. The molecule has 0 saturated carbocycles. The molecule has 2 heterocycles. The molecule has 94 valence electrons. The summed E-state index contributed by atoms with van der Waals surface area (Å²) in [6, 6.07) is 5.75. The molecule has 4 nitrogen and oxygen atoms in total. The summed E-state index contributed by atoms with van der Waals surface area (Å²) >= 11 is 7.24. The summed E-state index contributed by atoms with van der Waals surface area (Å²) in [6.45, 7) is 1.38. The lowest BCUT2D eigenvalue weighted by molar-refractivity contribution is 0.297. The second-order valence-electron chi connectivity index (χ2n) is 3.81. The smallest absolute Gasteiger partial charge is 0.188 e. The third kappa shape index (κ3) is 2.52. The summed E-state index contributed by atoms with van der Waals surface area (Å²) in [6.07, 6.45) is 0.902. The van der Waals surface area contributed by atoms with Crippen LogP contribution in [0.25, 0.3) is 0 Å². The summed E-state index contributed by atoms with van der Waals surface area (Å²) < 4.78 is 11.2. The van der Waals surface area contributed by atoms with Crippen LogP contribution in [0.15, 0.2) is 23.6 Å². The van der Waals surface area contributed by atoms with Crippen molar-refractivity contribution in [2.45, 2.75) is 6.42 Å². The molecular weight excluding hydrogens is 272 g/mol. The zero-order chi connectivity index (χ0) is 12.4. The topological polar surface area (TPSA) is 43.4 Å². The van der Waals surface area contributed by atoms with Crippen molar-refractivity contribution in [1.82, 2.24) is 4.98 Å². The second kappa shape index (κ2) is 5.04. The minimum atomic E-state index is 0.497. The van der Waals surface area contributed by atoms with Gasteiger partial charge in [0.05, 0.1) is 13.2 Å². The van der Waals surface area contributed by atoms with Crippen molar-refractivity contribution in [2.75, 3.05) is 18.5 Å². The van der Waals surface area contributed by atoms with Crippen molar-refractivity contribution >= 4 is 33.8 Å². The van der Waals surface area contributed by atoms with Gasteiger partial charge >= 0.3 is 0 Å². The molecule has 1 aliphatic rings. The third-order valence-electron chi connectivity index (χ3n) is 2.47. The lowest BCUT2D eigenvalue weighted by atomic mass is 10.3. The van der Waals surface area contributed by atoms with Crippen LogP contribution >= 0.6 is 22.9 Å². The van der Waals surface area contributed by atoms with Crippen LogP contribution in [0, 0.1) is 0 Å². The number of nitrogens with zero attached hydrogens (tertiary/aromatic N) is 1. The number of benzene rings is 1. The van der Waals surface area contributed by atoms with E-state index in [4.69, 9.17) is 21.1 Å². The lowest BCUT2D eigenvalue weighted by Gasteiger charge is -2.09. The average Bonchev–Trinajstić information content (AvgIpc) is 2.64. The summed E-state index contributed by atoms with van der Waals surface area (Å²) in [4.78, 5) is 4.14. The molecule has 0 radical (unpaired) electrons. The number of ether oxygens (including phenoxy) is 2. The Kier molecular flexibility index (Phi) is 3.25. The van der Waals surface area contributed by atoms with E-state index in [9.17, 15) is 0 Å². The van der Waals surface area contributed by atoms with E-state index < -0.39 is 0 Å². The number of rotatable bonds is 2. The third-order valence-corrected chi connectivity index (χ3v) is 3.56. The maximum atomic E-state index is 5.78. The van der Waals surface area contributed by atoms with Gasteiger partial charge < -0.3 is 14.8 Å². The number of halogens is 1. The first kappa shape index (κ1) is 11.6. The Labute approximate surface area is 114 Å². The molecule has 2 aromatic rings. The second-order valence-corrected chi connectivity index (χ2v) is 5.06. The van der Waals surface area contributed by atoms with Crippen molar-refractivity contribution in [2.24, 2.45) is 0 Å². The Balaban J connectivity index is 1.83. The molecule has 0 spiro atoms. The highest BCUT2D eigenvalue weighted by molar-refractivity contribution is 7.14. The number of anilines is 2. The number of hydrogen-bond donors (Lipinski definition) is 1. The molecule has 0 amide bonds. The van der Waals surface area contributed by atoms with Gasteiger partial charge in [0, 0.05) is 23.6 Å². The fraction of sp³-hybridized carbons (Fsp3) is 0.250. The van der Waals surface area contributed by atoms with E-state index in [1.54, 1.807) is 5.38 Å². The normalized spacial score (nSPS) is 14.1. The highest BCUT2D eigenvalue weighted by Crippen LogP contribution is 2.33. The van der Waals surface area contributed by atoms with Crippen LogP contribution in [-0.4, -0.2) is 18.2 Å². The highest BCUT2D eigenvalue weighted by atomic mass is 35.5. The maximum absolute atomic E-state index is 5.78. The van der Waals surface area contributed by atoms with E-state index >= 15 is 0 Å². The Morgan fingerprint density at radius 3 is 2.83 bits per heavy atom. The fourth-order valence-corrected chi connectivity index (χ4v) is 2.53. The van der Waals surface area contributed by atoms with Crippen molar-refractivity contribution < 1.29 is 9.47 Å². The van der Waals surface area contributed by atoms with Crippen LogP contribution in [0.1, 0.15) is 6.42 Å². The summed E-state index contributed by atoms with van der Waals surface area (Å²) in [5.74, 6) is 1.55. The summed E-state index contributed by atoms with van der Waals surface area (Å²) in [5.41, 5.74) is 0.908. The van der Waals surface area contributed by atoms with E-state index in [-0.39, 0.29) is 0 Å². The molecule has 1 aromatic heterocycles. The standard InChI is InChI=1S/C12H11ClN2O2S/c13-11-7-18-12(15-11)14-8-2-3-9-10(6-8)17-5-1-4-16-9/h2-3,6-7H,1,4-5H2,(H,14,15). The van der Waals surface area contributed by atoms with Crippen LogP contribution in [0.4, 0.5) is 10.8 Å². The predicted molar refractivity (Wildman–Crippen MR) is 72.5 cm³/mol. The quantitative estimate of drug-likeness (QED) is 0.912. The molecule has 0 fully saturated rings. The van der Waals surface area contributed by atoms with Gasteiger partial charge in [0.15, 0.2) is 16.6 Å². The zero-order valence-corrected chi connectivity index (χ0v) is 11.1. The van der Waals surface area contributed by atoms with Gasteiger partial charge in [-0.05, 0) is 12.1 Å². The first-order valence-corrected chi connectivity index (χ1v) is 6.85. The molecule has 1 aromatic carbocycles. The molecule has 6 heteroatoms. The molecule has 0 bridgehead atoms. The Morgan fingerprint density at radius 2 is 2.06 bits per heavy atom. The van der Waals surface area contributed by atoms with Crippen LogP contribution < -0.4 is 14.8 Å². The summed E-state index contributed by atoms with van der Waals surface area (Å²) in [7, 11) is 0. The van der Waals surface area contributed by atoms with Crippen LogP contribution in [0.5, 0.6) is 11.5 Å². The van der Waals surface area contributed by atoms with E-state index in [0.717, 1.165) is 28.7 Å². The van der Waals surface area contributed by atoms with Crippen LogP contribution in [0.2, 0.25) is 5.15 Å². The number of aromatic nitrogens is 1. The molecule has 0 saturated heterocycles. The van der Waals surface area contributed by atoms with Gasteiger partial charge in [0.1, 0.15) is 5.15 Å². The van der Waals surface area contributed by atoms with Gasteiger partial charge in [-0.1, -0.05) is 11.6 Å². The van der Waals surface area contributed by atoms with Crippen LogP contribution in [-0.2, 0) is 0 Å². The molecule has 0 unspecified atom stereocenters. The molecule has 1 aliphatic heterocycles. The SMILES string of the molecule is Clc1csc(Nc2ccc3c(c2)OCCCO3)n1. The Bertz CT molecular complexity index is 559. The van der Waals surface area contributed by atoms with E-state index in [1.165, 1.54) is 11.3 Å². The maximum Gasteiger partial charge on any atom is 0.188 e.